The first kappa shape index (κ1) is 15.4. The highest BCUT2D eigenvalue weighted by atomic mass is 16.5. The number of hydrogen-bond donors (Lipinski definition) is 1. The molecule has 3 rings (SSSR count). The van der Waals surface area contributed by atoms with Crippen molar-refractivity contribution in [1.29, 1.82) is 0 Å². The Kier molecular flexibility index (Phi) is 5.39. The summed E-state index contributed by atoms with van der Waals surface area (Å²) in [5.41, 5.74) is 0. The molecule has 22 heavy (non-hydrogen) atoms. The van der Waals surface area contributed by atoms with Crippen molar-refractivity contribution in [3.63, 3.8) is 0 Å². The van der Waals surface area contributed by atoms with Gasteiger partial charge < -0.3 is 10.1 Å². The van der Waals surface area contributed by atoms with E-state index in [0.717, 1.165) is 32.5 Å². The maximum Gasteiger partial charge on any atom is 0.221 e. The molecule has 122 valence electrons. The van der Waals surface area contributed by atoms with Crippen LogP contribution in [-0.2, 0) is 16.1 Å². The second kappa shape index (κ2) is 7.69. The van der Waals surface area contributed by atoms with E-state index in [1.807, 2.05) is 0 Å². The van der Waals surface area contributed by atoms with E-state index in [1.54, 1.807) is 11.0 Å². The van der Waals surface area contributed by atoms with Crippen molar-refractivity contribution in [3.8, 4) is 0 Å². The minimum atomic E-state index is 0.119. The number of amides is 1. The number of aromatic nitrogens is 3. The van der Waals surface area contributed by atoms with Crippen LogP contribution in [0.4, 0.5) is 0 Å². The van der Waals surface area contributed by atoms with Crippen molar-refractivity contribution in [1.82, 2.24) is 25.0 Å². The molecule has 7 heteroatoms. The Bertz CT molecular complexity index is 459. The summed E-state index contributed by atoms with van der Waals surface area (Å²) in [5.74, 6) is 0.186. The average Bonchev–Trinajstić information content (AvgIpc) is 3.19. The van der Waals surface area contributed by atoms with Gasteiger partial charge in [0.2, 0.25) is 5.91 Å². The first-order valence-corrected chi connectivity index (χ1v) is 8.25. The van der Waals surface area contributed by atoms with Crippen molar-refractivity contribution < 1.29 is 9.53 Å². The summed E-state index contributed by atoms with van der Waals surface area (Å²) in [6, 6.07) is 0.414. The lowest BCUT2D eigenvalue weighted by molar-refractivity contribution is -0.122. The maximum atomic E-state index is 12.0. The van der Waals surface area contributed by atoms with Crippen LogP contribution < -0.4 is 5.32 Å². The van der Waals surface area contributed by atoms with Crippen LogP contribution in [0.1, 0.15) is 32.1 Å². The van der Waals surface area contributed by atoms with Gasteiger partial charge in [-0.15, -0.1) is 0 Å². The molecule has 7 nitrogen and oxygen atoms in total. The summed E-state index contributed by atoms with van der Waals surface area (Å²) in [4.78, 5) is 18.2. The van der Waals surface area contributed by atoms with Crippen molar-refractivity contribution in [2.75, 3.05) is 26.2 Å². The molecule has 0 unspecified atom stereocenters. The van der Waals surface area contributed by atoms with Gasteiger partial charge in [0.05, 0.1) is 19.3 Å². The molecular weight excluding hydrogens is 282 g/mol. The van der Waals surface area contributed by atoms with Crippen LogP contribution in [-0.4, -0.2) is 64.0 Å². The van der Waals surface area contributed by atoms with Gasteiger partial charge in [0.1, 0.15) is 12.7 Å². The van der Waals surface area contributed by atoms with E-state index >= 15 is 0 Å². The summed E-state index contributed by atoms with van der Waals surface area (Å²) in [5, 5.41) is 7.26. The van der Waals surface area contributed by atoms with E-state index in [1.165, 1.54) is 19.2 Å². The molecule has 2 heterocycles. The fourth-order valence-corrected chi connectivity index (χ4v) is 3.26. The SMILES string of the molecule is O=C(CCN1CCO[C@H](Cn2cncn2)C1)NC1CCCC1. The Labute approximate surface area is 131 Å². The summed E-state index contributed by atoms with van der Waals surface area (Å²) in [6.45, 7) is 3.96. The molecule has 1 saturated heterocycles. The molecule has 2 aliphatic rings. The van der Waals surface area contributed by atoms with E-state index in [4.69, 9.17) is 4.74 Å². The van der Waals surface area contributed by atoms with Gasteiger partial charge in [-0.05, 0) is 12.8 Å². The van der Waals surface area contributed by atoms with Gasteiger partial charge in [-0.3, -0.25) is 14.4 Å². The maximum absolute atomic E-state index is 12.0. The number of nitrogens with one attached hydrogen (secondary N) is 1. The van der Waals surface area contributed by atoms with Gasteiger partial charge in [-0.25, -0.2) is 4.98 Å². The van der Waals surface area contributed by atoms with E-state index in [-0.39, 0.29) is 12.0 Å². The number of carbonyl (C=O) groups is 1. The third kappa shape index (κ3) is 4.51. The molecule has 0 spiro atoms. The van der Waals surface area contributed by atoms with Gasteiger partial charge >= 0.3 is 0 Å². The van der Waals surface area contributed by atoms with Gasteiger partial charge in [-0.2, -0.15) is 5.10 Å². The molecule has 1 aliphatic heterocycles. The fraction of sp³-hybridized carbons (Fsp3) is 0.800. The molecule has 0 aromatic carbocycles. The molecule has 1 saturated carbocycles. The lowest BCUT2D eigenvalue weighted by atomic mass is 10.2. The Morgan fingerprint density at radius 3 is 3.00 bits per heavy atom. The molecule has 0 radical (unpaired) electrons. The third-order valence-corrected chi connectivity index (χ3v) is 4.46. The Hall–Kier alpha value is -1.47. The van der Waals surface area contributed by atoms with Crippen LogP contribution in [0.2, 0.25) is 0 Å². The van der Waals surface area contributed by atoms with Crippen LogP contribution in [0.3, 0.4) is 0 Å². The summed E-state index contributed by atoms with van der Waals surface area (Å²) >= 11 is 0. The monoisotopic (exact) mass is 307 g/mol. The van der Waals surface area contributed by atoms with Crippen molar-refractivity contribution in [2.24, 2.45) is 0 Å². The Morgan fingerprint density at radius 2 is 2.23 bits per heavy atom. The predicted octanol–water partition coefficient (Wildman–Crippen LogP) is 0.428. The van der Waals surface area contributed by atoms with Crippen molar-refractivity contribution >= 4 is 5.91 Å². The third-order valence-electron chi connectivity index (χ3n) is 4.46. The number of ether oxygens (including phenoxy) is 1. The highest BCUT2D eigenvalue weighted by Crippen LogP contribution is 2.17. The molecule has 1 aromatic rings. The molecular formula is C15H25N5O2. The molecule has 0 bridgehead atoms. The number of rotatable bonds is 6. The standard InChI is InChI=1S/C15H25N5O2/c21-15(18-13-3-1-2-4-13)5-6-19-7-8-22-14(9-19)10-20-12-16-11-17-20/h11-14H,1-10H2,(H,18,21)/t14-/m0/s1. The second-order valence-corrected chi connectivity index (χ2v) is 6.21. The topological polar surface area (TPSA) is 72.3 Å². The van der Waals surface area contributed by atoms with Crippen LogP contribution in [0.15, 0.2) is 12.7 Å². The number of hydrogen-bond acceptors (Lipinski definition) is 5. The number of carbonyl (C=O) groups excluding carboxylic acids is 1. The zero-order chi connectivity index (χ0) is 15.2. The second-order valence-electron chi connectivity index (χ2n) is 6.21. The first-order chi connectivity index (χ1) is 10.8. The fourth-order valence-electron chi connectivity index (χ4n) is 3.26. The van der Waals surface area contributed by atoms with E-state index < -0.39 is 0 Å². The largest absolute Gasteiger partial charge is 0.374 e. The van der Waals surface area contributed by atoms with E-state index in [2.05, 4.69) is 20.3 Å². The van der Waals surface area contributed by atoms with E-state index in [0.29, 0.717) is 25.6 Å². The summed E-state index contributed by atoms with van der Waals surface area (Å²) in [7, 11) is 0. The molecule has 1 N–H and O–H groups in total. The lowest BCUT2D eigenvalue weighted by Crippen LogP contribution is -2.45. The average molecular weight is 307 g/mol. The zero-order valence-corrected chi connectivity index (χ0v) is 13.0. The zero-order valence-electron chi connectivity index (χ0n) is 13.0. The quantitative estimate of drug-likeness (QED) is 0.825. The Balaban J connectivity index is 1.37. The summed E-state index contributed by atoms with van der Waals surface area (Å²) < 4.78 is 7.56. The minimum Gasteiger partial charge on any atom is -0.374 e. The molecule has 1 aliphatic carbocycles. The molecule has 1 atom stereocenters. The van der Waals surface area contributed by atoms with Crippen molar-refractivity contribution in [3.05, 3.63) is 12.7 Å². The van der Waals surface area contributed by atoms with Crippen LogP contribution >= 0.6 is 0 Å². The van der Waals surface area contributed by atoms with Gasteiger partial charge in [0, 0.05) is 32.1 Å². The van der Waals surface area contributed by atoms with Gasteiger partial charge in [-0.1, -0.05) is 12.8 Å². The van der Waals surface area contributed by atoms with Gasteiger partial charge in [0.15, 0.2) is 0 Å². The highest BCUT2D eigenvalue weighted by molar-refractivity contribution is 5.76. The predicted molar refractivity (Wildman–Crippen MR) is 81.2 cm³/mol. The highest BCUT2D eigenvalue weighted by Gasteiger charge is 2.22. The van der Waals surface area contributed by atoms with Crippen LogP contribution in [0.25, 0.3) is 0 Å². The van der Waals surface area contributed by atoms with Crippen molar-refractivity contribution in [2.45, 2.75) is 50.8 Å². The van der Waals surface area contributed by atoms with Gasteiger partial charge in [0.25, 0.3) is 0 Å². The van der Waals surface area contributed by atoms with Crippen LogP contribution in [0, 0.1) is 0 Å². The minimum absolute atomic E-state index is 0.119. The first-order valence-electron chi connectivity index (χ1n) is 8.25. The van der Waals surface area contributed by atoms with Crippen LogP contribution in [0.5, 0.6) is 0 Å². The molecule has 1 amide bonds. The molecule has 2 fully saturated rings. The smallest absolute Gasteiger partial charge is 0.221 e. The summed E-state index contributed by atoms with van der Waals surface area (Å²) in [6.07, 6.45) is 8.72. The number of nitrogens with zero attached hydrogens (tertiary/aromatic N) is 4. The van der Waals surface area contributed by atoms with E-state index in [9.17, 15) is 4.79 Å². The Morgan fingerprint density at radius 1 is 1.36 bits per heavy atom. The normalized spacial score (nSPS) is 23.7. The molecule has 1 aromatic heterocycles. The number of morpholine rings is 1. The lowest BCUT2D eigenvalue weighted by Gasteiger charge is -2.32.